The maximum Gasteiger partial charge on any atom is 0.330 e. The molecule has 2 heterocycles. The van der Waals surface area contributed by atoms with Crippen LogP contribution in [0.2, 0.25) is 0 Å². The summed E-state index contributed by atoms with van der Waals surface area (Å²) in [6.07, 6.45) is -3.27. The van der Waals surface area contributed by atoms with Gasteiger partial charge in [0, 0.05) is 12.3 Å². The molecule has 1 aromatic heterocycles. The number of ether oxygens (including phenoxy) is 2. The molecular formula is C13H15FN2O7. The van der Waals surface area contributed by atoms with Gasteiger partial charge in [0.2, 0.25) is 0 Å². The molecular weight excluding hydrogens is 315 g/mol. The molecule has 4 atom stereocenters. The molecule has 10 heteroatoms. The van der Waals surface area contributed by atoms with E-state index in [1.54, 1.807) is 0 Å². The molecule has 1 saturated heterocycles. The van der Waals surface area contributed by atoms with Crippen molar-refractivity contribution in [3.63, 3.8) is 0 Å². The number of hydrogen-bond donors (Lipinski definition) is 3. The molecule has 0 aliphatic carbocycles. The van der Waals surface area contributed by atoms with Crippen LogP contribution in [-0.2, 0) is 14.3 Å². The second-order valence-electron chi connectivity index (χ2n) is 4.79. The van der Waals surface area contributed by atoms with Gasteiger partial charge >= 0.3 is 11.7 Å². The Bertz CT molecular complexity index is 726. The SMILES string of the molecule is COC(=O)/C=C/c1cn([C@@H]2O[C@H](CO)[C@@H](O)[C@H]2F)c(=O)[nH]c1=O. The standard InChI is InChI=1S/C13H15FN2O7/c1-22-8(18)3-2-6-4-16(13(21)15-11(6)20)12-9(14)10(19)7(5-17)23-12/h2-4,7,9-10,12,17,19H,5H2,1H3,(H,15,20,21)/b3-2+/t7-,9-,10-,12-/m1/s1. The number of esters is 1. The minimum absolute atomic E-state index is 0.118. The number of halogens is 1. The van der Waals surface area contributed by atoms with Gasteiger partial charge in [-0.3, -0.25) is 14.3 Å². The van der Waals surface area contributed by atoms with E-state index < -0.39 is 48.4 Å². The fourth-order valence-electron chi connectivity index (χ4n) is 2.11. The second kappa shape index (κ2) is 6.86. The van der Waals surface area contributed by atoms with Gasteiger partial charge in [-0.15, -0.1) is 0 Å². The Morgan fingerprint density at radius 1 is 1.57 bits per heavy atom. The van der Waals surface area contributed by atoms with E-state index in [0.29, 0.717) is 0 Å². The third-order valence-corrected chi connectivity index (χ3v) is 3.34. The van der Waals surface area contributed by atoms with Crippen LogP contribution in [0.5, 0.6) is 0 Å². The molecule has 3 N–H and O–H groups in total. The van der Waals surface area contributed by atoms with Crippen molar-refractivity contribution >= 4 is 12.0 Å². The van der Waals surface area contributed by atoms with E-state index in [1.165, 1.54) is 0 Å². The van der Waals surface area contributed by atoms with Gasteiger partial charge in [0.15, 0.2) is 12.4 Å². The zero-order chi connectivity index (χ0) is 17.1. The number of carbonyl (C=O) groups excluding carboxylic acids is 1. The topological polar surface area (TPSA) is 131 Å². The molecule has 0 amide bonds. The molecule has 0 unspecified atom stereocenters. The largest absolute Gasteiger partial charge is 0.466 e. The Kier molecular flexibility index (Phi) is 5.08. The van der Waals surface area contributed by atoms with Crippen LogP contribution < -0.4 is 11.2 Å². The summed E-state index contributed by atoms with van der Waals surface area (Å²) in [6.45, 7) is -0.634. The van der Waals surface area contributed by atoms with E-state index >= 15 is 0 Å². The normalized spacial score (nSPS) is 27.5. The summed E-state index contributed by atoms with van der Waals surface area (Å²) in [6, 6.07) is 0. The number of aromatic nitrogens is 2. The summed E-state index contributed by atoms with van der Waals surface area (Å²) in [5, 5.41) is 18.6. The van der Waals surface area contributed by atoms with Crippen LogP contribution in [0.1, 0.15) is 11.8 Å². The van der Waals surface area contributed by atoms with Gasteiger partial charge in [-0.25, -0.2) is 14.0 Å². The van der Waals surface area contributed by atoms with Crippen molar-refractivity contribution < 1.29 is 28.9 Å². The summed E-state index contributed by atoms with van der Waals surface area (Å²) in [7, 11) is 1.15. The lowest BCUT2D eigenvalue weighted by Gasteiger charge is -2.16. The molecule has 126 valence electrons. The van der Waals surface area contributed by atoms with Gasteiger partial charge in [0.25, 0.3) is 5.56 Å². The van der Waals surface area contributed by atoms with E-state index in [4.69, 9.17) is 9.84 Å². The molecule has 0 saturated carbocycles. The predicted molar refractivity (Wildman–Crippen MR) is 74.3 cm³/mol. The van der Waals surface area contributed by atoms with Gasteiger partial charge in [-0.1, -0.05) is 0 Å². The van der Waals surface area contributed by atoms with E-state index in [-0.39, 0.29) is 5.56 Å². The average molecular weight is 330 g/mol. The Labute approximate surface area is 128 Å². The van der Waals surface area contributed by atoms with Crippen LogP contribution in [0.3, 0.4) is 0 Å². The number of aromatic amines is 1. The molecule has 1 aliphatic heterocycles. The van der Waals surface area contributed by atoms with E-state index in [2.05, 4.69) is 4.74 Å². The average Bonchev–Trinajstić information content (AvgIpc) is 2.81. The van der Waals surface area contributed by atoms with E-state index in [9.17, 15) is 23.9 Å². The van der Waals surface area contributed by atoms with Gasteiger partial charge in [0.1, 0.15) is 12.2 Å². The highest BCUT2D eigenvalue weighted by Gasteiger charge is 2.45. The lowest BCUT2D eigenvalue weighted by atomic mass is 10.1. The highest BCUT2D eigenvalue weighted by atomic mass is 19.1. The zero-order valence-electron chi connectivity index (χ0n) is 12.0. The second-order valence-corrected chi connectivity index (χ2v) is 4.79. The summed E-state index contributed by atoms with van der Waals surface area (Å²) >= 11 is 0. The highest BCUT2D eigenvalue weighted by Crippen LogP contribution is 2.30. The van der Waals surface area contributed by atoms with Crippen LogP contribution in [0, 0.1) is 0 Å². The zero-order valence-corrected chi connectivity index (χ0v) is 12.0. The number of methoxy groups -OCH3 is 1. The van der Waals surface area contributed by atoms with Crippen molar-refractivity contribution in [2.24, 2.45) is 0 Å². The first-order valence-electron chi connectivity index (χ1n) is 6.59. The minimum atomic E-state index is -1.98. The predicted octanol–water partition coefficient (Wildman–Crippen LogP) is -1.69. The number of aliphatic hydroxyl groups is 2. The molecule has 23 heavy (non-hydrogen) atoms. The Hall–Kier alpha value is -2.30. The van der Waals surface area contributed by atoms with Gasteiger partial charge in [-0.05, 0) is 6.08 Å². The minimum Gasteiger partial charge on any atom is -0.466 e. The monoisotopic (exact) mass is 330 g/mol. The number of hydrogen-bond acceptors (Lipinski definition) is 7. The first kappa shape index (κ1) is 17.1. The van der Waals surface area contributed by atoms with Crippen molar-refractivity contribution in [2.75, 3.05) is 13.7 Å². The summed E-state index contributed by atoms with van der Waals surface area (Å²) in [5.41, 5.74) is -1.87. The van der Waals surface area contributed by atoms with Crippen molar-refractivity contribution in [1.29, 1.82) is 0 Å². The molecule has 0 bridgehead atoms. The maximum atomic E-state index is 14.1. The van der Waals surface area contributed by atoms with Gasteiger partial charge in [-0.2, -0.15) is 0 Å². The van der Waals surface area contributed by atoms with E-state index in [0.717, 1.165) is 30.0 Å². The quantitative estimate of drug-likeness (QED) is 0.443. The number of H-pyrrole nitrogens is 1. The van der Waals surface area contributed by atoms with Crippen molar-refractivity contribution in [1.82, 2.24) is 9.55 Å². The smallest absolute Gasteiger partial charge is 0.330 e. The molecule has 0 radical (unpaired) electrons. The molecule has 1 aliphatic rings. The number of nitrogens with zero attached hydrogens (tertiary/aromatic N) is 1. The Morgan fingerprint density at radius 2 is 2.26 bits per heavy atom. The number of carbonyl (C=O) groups is 1. The molecule has 9 nitrogen and oxygen atoms in total. The number of nitrogens with one attached hydrogen (secondary N) is 1. The van der Waals surface area contributed by atoms with Crippen molar-refractivity contribution in [3.8, 4) is 0 Å². The Morgan fingerprint density at radius 3 is 2.83 bits per heavy atom. The summed E-state index contributed by atoms with van der Waals surface area (Å²) in [4.78, 5) is 36.5. The Balaban J connectivity index is 2.40. The van der Waals surface area contributed by atoms with Crippen molar-refractivity contribution in [3.05, 3.63) is 38.7 Å². The third kappa shape index (κ3) is 3.38. The highest BCUT2D eigenvalue weighted by molar-refractivity contribution is 5.86. The lowest BCUT2D eigenvalue weighted by molar-refractivity contribution is -0.134. The molecule has 1 fully saturated rings. The number of alkyl halides is 1. The number of aliphatic hydroxyl groups excluding tert-OH is 2. The van der Waals surface area contributed by atoms with Gasteiger partial charge < -0.3 is 19.7 Å². The lowest BCUT2D eigenvalue weighted by Crippen LogP contribution is -2.36. The third-order valence-electron chi connectivity index (χ3n) is 3.34. The van der Waals surface area contributed by atoms with Crippen LogP contribution in [0.4, 0.5) is 4.39 Å². The van der Waals surface area contributed by atoms with E-state index in [1.807, 2.05) is 4.98 Å². The summed E-state index contributed by atoms with van der Waals surface area (Å²) < 4.78 is 24.3. The molecule has 0 spiro atoms. The molecule has 1 aromatic rings. The fraction of sp³-hybridized carbons (Fsp3) is 0.462. The van der Waals surface area contributed by atoms with Crippen LogP contribution in [0.25, 0.3) is 6.08 Å². The molecule has 2 rings (SSSR count). The maximum absolute atomic E-state index is 14.1. The first-order valence-corrected chi connectivity index (χ1v) is 6.59. The first-order chi connectivity index (χ1) is 10.9. The summed E-state index contributed by atoms with van der Waals surface area (Å²) in [5.74, 6) is -0.724. The van der Waals surface area contributed by atoms with Crippen LogP contribution >= 0.6 is 0 Å². The fourth-order valence-corrected chi connectivity index (χ4v) is 2.11. The van der Waals surface area contributed by atoms with Crippen molar-refractivity contribution in [2.45, 2.75) is 24.6 Å². The number of rotatable bonds is 4. The van der Waals surface area contributed by atoms with Crippen LogP contribution in [-0.4, -0.2) is 57.8 Å². The molecule has 0 aromatic carbocycles. The van der Waals surface area contributed by atoms with Crippen LogP contribution in [0.15, 0.2) is 21.9 Å². The van der Waals surface area contributed by atoms with Gasteiger partial charge in [0.05, 0.1) is 19.3 Å².